The lowest BCUT2D eigenvalue weighted by atomic mass is 10.2. The smallest absolute Gasteiger partial charge is 0.412 e. The van der Waals surface area contributed by atoms with Crippen molar-refractivity contribution in [2.45, 2.75) is 31.4 Å². The van der Waals surface area contributed by atoms with Crippen LogP contribution < -0.4 is 15.8 Å². The molecule has 0 aromatic heterocycles. The molecule has 1 aromatic carbocycles. The Kier molecular flexibility index (Phi) is 4.04. The average Bonchev–Trinajstić information content (AvgIpc) is 2.75. The summed E-state index contributed by atoms with van der Waals surface area (Å²) in [5, 5.41) is 2.67. The van der Waals surface area contributed by atoms with E-state index in [0.717, 1.165) is 19.3 Å². The van der Waals surface area contributed by atoms with E-state index >= 15 is 0 Å². The second-order valence-corrected chi connectivity index (χ2v) is 4.36. The van der Waals surface area contributed by atoms with E-state index in [9.17, 15) is 4.79 Å². The Morgan fingerprint density at radius 3 is 2.83 bits per heavy atom. The maximum absolute atomic E-state index is 11.7. The molecule has 1 aliphatic rings. The summed E-state index contributed by atoms with van der Waals surface area (Å²) in [6, 6.07) is 7.14. The first-order chi connectivity index (χ1) is 8.70. The van der Waals surface area contributed by atoms with E-state index in [-0.39, 0.29) is 12.1 Å². The minimum atomic E-state index is -0.484. The molecule has 3 N–H and O–H groups in total. The Labute approximate surface area is 106 Å². The summed E-state index contributed by atoms with van der Waals surface area (Å²) in [4.78, 5) is 11.7. The molecule has 1 amide bonds. The molecular formula is C13H18N2O3. The van der Waals surface area contributed by atoms with Crippen LogP contribution in [-0.2, 0) is 4.74 Å². The molecule has 0 spiro atoms. The van der Waals surface area contributed by atoms with Crippen LogP contribution in [0.1, 0.15) is 19.3 Å². The number of para-hydroxylation sites is 2. The molecule has 5 heteroatoms. The predicted molar refractivity (Wildman–Crippen MR) is 68.7 cm³/mol. The van der Waals surface area contributed by atoms with Crippen LogP contribution in [0.2, 0.25) is 0 Å². The molecule has 2 rings (SSSR count). The monoisotopic (exact) mass is 250 g/mol. The van der Waals surface area contributed by atoms with Crippen molar-refractivity contribution in [3.05, 3.63) is 24.3 Å². The summed E-state index contributed by atoms with van der Waals surface area (Å²) in [5.41, 5.74) is 6.44. The highest BCUT2D eigenvalue weighted by molar-refractivity contribution is 5.86. The van der Waals surface area contributed by atoms with Gasteiger partial charge in [-0.3, -0.25) is 5.32 Å². The molecule has 0 heterocycles. The quantitative estimate of drug-likeness (QED) is 0.861. The fourth-order valence-corrected chi connectivity index (χ4v) is 2.13. The molecule has 98 valence electrons. The average molecular weight is 250 g/mol. The van der Waals surface area contributed by atoms with Crippen molar-refractivity contribution < 1.29 is 14.3 Å². The van der Waals surface area contributed by atoms with Gasteiger partial charge in [0.05, 0.1) is 12.8 Å². The number of nitrogens with two attached hydrogens (primary N) is 1. The zero-order valence-electron chi connectivity index (χ0n) is 10.4. The van der Waals surface area contributed by atoms with Gasteiger partial charge in [-0.15, -0.1) is 0 Å². The van der Waals surface area contributed by atoms with Crippen molar-refractivity contribution in [2.75, 3.05) is 12.4 Å². The van der Waals surface area contributed by atoms with E-state index in [0.29, 0.717) is 11.4 Å². The van der Waals surface area contributed by atoms with Crippen molar-refractivity contribution in [3.8, 4) is 5.75 Å². The molecule has 1 fully saturated rings. The highest BCUT2D eigenvalue weighted by Gasteiger charge is 2.27. The minimum absolute atomic E-state index is 0.0478. The summed E-state index contributed by atoms with van der Waals surface area (Å²) < 4.78 is 10.4. The Balaban J connectivity index is 1.94. The molecule has 0 saturated heterocycles. The zero-order chi connectivity index (χ0) is 13.0. The number of rotatable bonds is 3. The largest absolute Gasteiger partial charge is 0.495 e. The number of carbonyl (C=O) groups is 1. The second kappa shape index (κ2) is 5.73. The maximum atomic E-state index is 11.7. The lowest BCUT2D eigenvalue weighted by Crippen LogP contribution is -2.34. The molecule has 1 aromatic rings. The summed E-state index contributed by atoms with van der Waals surface area (Å²) in [6.07, 6.45) is 2.09. The van der Waals surface area contributed by atoms with Crippen molar-refractivity contribution in [1.82, 2.24) is 0 Å². The summed E-state index contributed by atoms with van der Waals surface area (Å²) in [7, 11) is 1.55. The van der Waals surface area contributed by atoms with Crippen LogP contribution in [0.4, 0.5) is 10.5 Å². The van der Waals surface area contributed by atoms with Gasteiger partial charge in [0.2, 0.25) is 0 Å². The van der Waals surface area contributed by atoms with E-state index in [1.165, 1.54) is 0 Å². The van der Waals surface area contributed by atoms with Gasteiger partial charge in [-0.25, -0.2) is 4.79 Å². The van der Waals surface area contributed by atoms with Crippen LogP contribution in [0.5, 0.6) is 5.75 Å². The molecule has 0 bridgehead atoms. The van der Waals surface area contributed by atoms with Crippen molar-refractivity contribution in [3.63, 3.8) is 0 Å². The number of anilines is 1. The molecule has 2 unspecified atom stereocenters. The number of benzene rings is 1. The Bertz CT molecular complexity index is 422. The van der Waals surface area contributed by atoms with Crippen LogP contribution >= 0.6 is 0 Å². The van der Waals surface area contributed by atoms with Crippen molar-refractivity contribution in [1.29, 1.82) is 0 Å². The summed E-state index contributed by atoms with van der Waals surface area (Å²) in [6.45, 7) is 0. The van der Waals surface area contributed by atoms with Gasteiger partial charge in [-0.1, -0.05) is 12.1 Å². The van der Waals surface area contributed by atoms with Gasteiger partial charge >= 0.3 is 6.09 Å². The third-order valence-electron chi connectivity index (χ3n) is 3.11. The van der Waals surface area contributed by atoms with Crippen LogP contribution in [0, 0.1) is 0 Å². The molecule has 1 aliphatic carbocycles. The standard InChI is InChI=1S/C13H18N2O3/c1-17-12-7-3-2-6-10(12)15-13(16)18-11-8-4-5-9(11)14/h2-3,6-7,9,11H,4-5,8,14H2,1H3,(H,15,16). The highest BCUT2D eigenvalue weighted by atomic mass is 16.6. The number of amides is 1. The fraction of sp³-hybridized carbons (Fsp3) is 0.462. The molecule has 2 atom stereocenters. The van der Waals surface area contributed by atoms with Gasteiger partial charge in [0.15, 0.2) is 0 Å². The number of hydrogen-bond donors (Lipinski definition) is 2. The summed E-state index contributed by atoms with van der Waals surface area (Å²) in [5.74, 6) is 0.602. The molecule has 18 heavy (non-hydrogen) atoms. The first kappa shape index (κ1) is 12.7. The third kappa shape index (κ3) is 2.92. The second-order valence-electron chi connectivity index (χ2n) is 4.36. The van der Waals surface area contributed by atoms with Gasteiger partial charge in [0.1, 0.15) is 11.9 Å². The highest BCUT2D eigenvalue weighted by Crippen LogP contribution is 2.24. The molecule has 0 aliphatic heterocycles. The lowest BCUT2D eigenvalue weighted by molar-refractivity contribution is 0.105. The van der Waals surface area contributed by atoms with Crippen LogP contribution in [0.3, 0.4) is 0 Å². The number of nitrogens with one attached hydrogen (secondary N) is 1. The van der Waals surface area contributed by atoms with E-state index in [1.54, 1.807) is 19.2 Å². The molecule has 0 radical (unpaired) electrons. The number of ether oxygens (including phenoxy) is 2. The lowest BCUT2D eigenvalue weighted by Gasteiger charge is -2.17. The van der Waals surface area contributed by atoms with Gasteiger partial charge in [0.25, 0.3) is 0 Å². The fourth-order valence-electron chi connectivity index (χ4n) is 2.13. The SMILES string of the molecule is COc1ccccc1NC(=O)OC1CCCC1N. The molecular weight excluding hydrogens is 232 g/mol. The van der Waals surface area contributed by atoms with E-state index in [4.69, 9.17) is 15.2 Å². The van der Waals surface area contributed by atoms with E-state index < -0.39 is 6.09 Å². The topological polar surface area (TPSA) is 73.6 Å². The number of carbonyl (C=O) groups excluding carboxylic acids is 1. The first-order valence-corrected chi connectivity index (χ1v) is 6.07. The third-order valence-corrected chi connectivity index (χ3v) is 3.11. The molecule has 5 nitrogen and oxygen atoms in total. The van der Waals surface area contributed by atoms with Gasteiger partial charge < -0.3 is 15.2 Å². The Hall–Kier alpha value is -1.75. The summed E-state index contributed by atoms with van der Waals surface area (Å²) >= 11 is 0. The van der Waals surface area contributed by atoms with Gasteiger partial charge in [0, 0.05) is 6.04 Å². The van der Waals surface area contributed by atoms with Crippen LogP contribution in [0.15, 0.2) is 24.3 Å². The normalized spacial score (nSPS) is 22.6. The first-order valence-electron chi connectivity index (χ1n) is 6.07. The van der Waals surface area contributed by atoms with E-state index in [2.05, 4.69) is 5.32 Å². The Morgan fingerprint density at radius 2 is 2.17 bits per heavy atom. The van der Waals surface area contributed by atoms with Gasteiger partial charge in [-0.2, -0.15) is 0 Å². The Morgan fingerprint density at radius 1 is 1.39 bits per heavy atom. The van der Waals surface area contributed by atoms with Crippen molar-refractivity contribution >= 4 is 11.8 Å². The van der Waals surface area contributed by atoms with Gasteiger partial charge in [-0.05, 0) is 31.4 Å². The number of methoxy groups -OCH3 is 1. The van der Waals surface area contributed by atoms with Crippen LogP contribution in [0.25, 0.3) is 0 Å². The van der Waals surface area contributed by atoms with Crippen LogP contribution in [-0.4, -0.2) is 25.3 Å². The minimum Gasteiger partial charge on any atom is -0.495 e. The maximum Gasteiger partial charge on any atom is 0.412 e. The van der Waals surface area contributed by atoms with Crippen molar-refractivity contribution in [2.24, 2.45) is 5.73 Å². The zero-order valence-corrected chi connectivity index (χ0v) is 10.4. The van der Waals surface area contributed by atoms with E-state index in [1.807, 2.05) is 12.1 Å². The number of hydrogen-bond acceptors (Lipinski definition) is 4. The predicted octanol–water partition coefficient (Wildman–Crippen LogP) is 2.12. The molecule has 1 saturated carbocycles.